The van der Waals surface area contributed by atoms with Gasteiger partial charge in [0, 0.05) is 38.8 Å². The molecule has 1 aromatic carbocycles. The number of piperazine rings is 1. The molecule has 9 heteroatoms. The largest absolute Gasteiger partial charge is 0.417 e. The van der Waals surface area contributed by atoms with Gasteiger partial charge in [-0.3, -0.25) is 14.5 Å². The summed E-state index contributed by atoms with van der Waals surface area (Å²) in [6, 6.07) is 6.56. The number of nitrogens with zero attached hydrogens (tertiary/aromatic N) is 4. The Morgan fingerprint density at radius 2 is 1.77 bits per heavy atom. The van der Waals surface area contributed by atoms with Crippen LogP contribution in [0.25, 0.3) is 0 Å². The first-order valence-electron chi connectivity index (χ1n) is 10.1. The maximum atomic E-state index is 13.2. The summed E-state index contributed by atoms with van der Waals surface area (Å²) >= 11 is 0. The van der Waals surface area contributed by atoms with Crippen molar-refractivity contribution < 1.29 is 18.0 Å². The lowest BCUT2D eigenvalue weighted by atomic mass is 10.1. The normalized spacial score (nSPS) is 17.2. The van der Waals surface area contributed by atoms with E-state index >= 15 is 0 Å². The van der Waals surface area contributed by atoms with Crippen LogP contribution in [0.3, 0.4) is 0 Å². The number of aromatic nitrogens is 2. The molecule has 6 nitrogen and oxygen atoms in total. The number of hydrogen-bond acceptors (Lipinski definition) is 4. The van der Waals surface area contributed by atoms with Gasteiger partial charge in [-0.25, -0.2) is 4.68 Å². The standard InChI is InChI=1S/C21H23F3N4O2/c22-21(23,24)17-6-2-1-5-16(17)20(30)27-11-8-26(9-12-27)10-13-28-19(29)14-15-4-3-7-18(15)25-28/h1-2,5-6,14H,3-4,7-13H2. The summed E-state index contributed by atoms with van der Waals surface area (Å²) in [7, 11) is 0. The van der Waals surface area contributed by atoms with E-state index in [1.54, 1.807) is 6.07 Å². The van der Waals surface area contributed by atoms with E-state index in [2.05, 4.69) is 10.00 Å². The number of fused-ring (bicyclic) bond motifs is 1. The van der Waals surface area contributed by atoms with Crippen LogP contribution < -0.4 is 5.56 Å². The average Bonchev–Trinajstić information content (AvgIpc) is 3.18. The van der Waals surface area contributed by atoms with Gasteiger partial charge in [0.1, 0.15) is 0 Å². The van der Waals surface area contributed by atoms with Crippen molar-refractivity contribution in [1.29, 1.82) is 0 Å². The Bertz CT molecular complexity index is 994. The predicted octanol–water partition coefficient (Wildman–Crippen LogP) is 2.21. The summed E-state index contributed by atoms with van der Waals surface area (Å²) in [5.41, 5.74) is 0.718. The Morgan fingerprint density at radius 3 is 2.50 bits per heavy atom. The number of alkyl halides is 3. The van der Waals surface area contributed by atoms with Crippen LogP contribution in [-0.4, -0.2) is 58.2 Å². The molecule has 1 fully saturated rings. The number of halogens is 3. The van der Waals surface area contributed by atoms with Gasteiger partial charge in [-0.1, -0.05) is 12.1 Å². The van der Waals surface area contributed by atoms with Gasteiger partial charge in [0.15, 0.2) is 0 Å². The molecular formula is C21H23F3N4O2. The molecule has 2 heterocycles. The fourth-order valence-electron chi connectivity index (χ4n) is 4.10. The fourth-order valence-corrected chi connectivity index (χ4v) is 4.10. The Hall–Kier alpha value is -2.68. The second kappa shape index (κ2) is 8.22. The van der Waals surface area contributed by atoms with E-state index in [-0.39, 0.29) is 11.1 Å². The molecule has 160 valence electrons. The van der Waals surface area contributed by atoms with Gasteiger partial charge in [0.2, 0.25) is 0 Å². The van der Waals surface area contributed by atoms with E-state index in [1.165, 1.54) is 27.8 Å². The maximum Gasteiger partial charge on any atom is 0.417 e. The molecule has 2 aromatic rings. The molecule has 0 atom stereocenters. The molecule has 4 rings (SSSR count). The number of hydrogen-bond donors (Lipinski definition) is 0. The number of carbonyl (C=O) groups is 1. The molecule has 0 saturated carbocycles. The van der Waals surface area contributed by atoms with Crippen molar-refractivity contribution in [2.24, 2.45) is 0 Å². The van der Waals surface area contributed by atoms with Crippen LogP contribution in [0, 0.1) is 0 Å². The van der Waals surface area contributed by atoms with Crippen LogP contribution in [0.1, 0.15) is 33.6 Å². The van der Waals surface area contributed by atoms with Gasteiger partial charge in [-0.2, -0.15) is 18.3 Å². The molecule has 1 amide bonds. The topological polar surface area (TPSA) is 58.4 Å². The van der Waals surface area contributed by atoms with Crippen molar-refractivity contribution in [2.45, 2.75) is 32.0 Å². The molecule has 2 aliphatic rings. The third kappa shape index (κ3) is 4.26. The number of carbonyl (C=O) groups excluding carboxylic acids is 1. The minimum absolute atomic E-state index is 0.103. The zero-order valence-corrected chi connectivity index (χ0v) is 16.5. The van der Waals surface area contributed by atoms with Crippen molar-refractivity contribution in [3.8, 4) is 0 Å². The molecule has 30 heavy (non-hydrogen) atoms. The highest BCUT2D eigenvalue weighted by Gasteiger charge is 2.36. The minimum Gasteiger partial charge on any atom is -0.336 e. The van der Waals surface area contributed by atoms with Crippen LogP contribution >= 0.6 is 0 Å². The molecule has 1 aliphatic carbocycles. The van der Waals surface area contributed by atoms with E-state index in [9.17, 15) is 22.8 Å². The molecule has 1 saturated heterocycles. The quantitative estimate of drug-likeness (QED) is 0.761. The second-order valence-corrected chi connectivity index (χ2v) is 7.71. The van der Waals surface area contributed by atoms with Gasteiger partial charge >= 0.3 is 6.18 Å². The molecule has 0 unspecified atom stereocenters. The van der Waals surface area contributed by atoms with Crippen LogP contribution in [-0.2, 0) is 25.6 Å². The Kier molecular flexibility index (Phi) is 5.64. The highest BCUT2D eigenvalue weighted by Crippen LogP contribution is 2.32. The van der Waals surface area contributed by atoms with Crippen molar-refractivity contribution in [3.63, 3.8) is 0 Å². The first kappa shape index (κ1) is 20.6. The number of benzene rings is 1. The predicted molar refractivity (Wildman–Crippen MR) is 104 cm³/mol. The van der Waals surface area contributed by atoms with Gasteiger partial charge in [-0.05, 0) is 37.0 Å². The third-order valence-corrected chi connectivity index (χ3v) is 5.77. The lowest BCUT2D eigenvalue weighted by Crippen LogP contribution is -2.50. The SMILES string of the molecule is O=C(c1ccccc1C(F)(F)F)N1CCN(CCn2nc3c(cc2=O)CCC3)CC1. The Morgan fingerprint density at radius 1 is 1.03 bits per heavy atom. The molecule has 0 bridgehead atoms. The van der Waals surface area contributed by atoms with Crippen molar-refractivity contribution in [3.05, 3.63) is 63.1 Å². The highest BCUT2D eigenvalue weighted by atomic mass is 19.4. The van der Waals surface area contributed by atoms with Crippen molar-refractivity contribution in [2.75, 3.05) is 32.7 Å². The number of amides is 1. The minimum atomic E-state index is -4.57. The monoisotopic (exact) mass is 420 g/mol. The zero-order chi connectivity index (χ0) is 21.3. The molecule has 1 aromatic heterocycles. The van der Waals surface area contributed by atoms with Crippen molar-refractivity contribution >= 4 is 5.91 Å². The molecule has 0 radical (unpaired) electrons. The third-order valence-electron chi connectivity index (χ3n) is 5.77. The van der Waals surface area contributed by atoms with Crippen LogP contribution in [0.15, 0.2) is 35.1 Å². The summed E-state index contributed by atoms with van der Waals surface area (Å²) in [5, 5.41) is 4.46. The summed E-state index contributed by atoms with van der Waals surface area (Å²) < 4.78 is 41.1. The van der Waals surface area contributed by atoms with Crippen LogP contribution in [0.2, 0.25) is 0 Å². The van der Waals surface area contributed by atoms with E-state index in [4.69, 9.17) is 0 Å². The van der Waals surface area contributed by atoms with Gasteiger partial charge in [0.25, 0.3) is 11.5 Å². The number of rotatable bonds is 4. The smallest absolute Gasteiger partial charge is 0.336 e. The van der Waals surface area contributed by atoms with E-state index < -0.39 is 17.6 Å². The van der Waals surface area contributed by atoms with Crippen LogP contribution in [0.5, 0.6) is 0 Å². The molecular weight excluding hydrogens is 397 g/mol. The van der Waals surface area contributed by atoms with Gasteiger partial charge in [0.05, 0.1) is 23.4 Å². The summed E-state index contributed by atoms with van der Waals surface area (Å²) in [6.07, 6.45) is -1.73. The molecule has 1 aliphatic heterocycles. The fraction of sp³-hybridized carbons (Fsp3) is 0.476. The number of aryl methyl sites for hydroxylation is 2. The lowest BCUT2D eigenvalue weighted by Gasteiger charge is -2.35. The van der Waals surface area contributed by atoms with Gasteiger partial charge in [-0.15, -0.1) is 0 Å². The second-order valence-electron chi connectivity index (χ2n) is 7.71. The van der Waals surface area contributed by atoms with Gasteiger partial charge < -0.3 is 4.90 Å². The van der Waals surface area contributed by atoms with E-state index in [0.717, 1.165) is 36.6 Å². The van der Waals surface area contributed by atoms with E-state index in [1.807, 2.05) is 0 Å². The van der Waals surface area contributed by atoms with Crippen LogP contribution in [0.4, 0.5) is 13.2 Å². The summed E-state index contributed by atoms with van der Waals surface area (Å²) in [6.45, 7) is 2.83. The maximum absolute atomic E-state index is 13.2. The first-order chi connectivity index (χ1) is 14.3. The average molecular weight is 420 g/mol. The first-order valence-corrected chi connectivity index (χ1v) is 10.1. The molecule has 0 N–H and O–H groups in total. The lowest BCUT2D eigenvalue weighted by molar-refractivity contribution is -0.138. The highest BCUT2D eigenvalue weighted by molar-refractivity contribution is 5.96. The van der Waals surface area contributed by atoms with Crippen molar-refractivity contribution in [1.82, 2.24) is 19.6 Å². The molecule has 0 spiro atoms. The van der Waals surface area contributed by atoms with E-state index in [0.29, 0.717) is 39.3 Å². The summed E-state index contributed by atoms with van der Waals surface area (Å²) in [4.78, 5) is 28.4. The Labute approximate surface area is 171 Å². The Balaban J connectivity index is 1.35. The summed E-state index contributed by atoms with van der Waals surface area (Å²) in [5.74, 6) is -0.598. The zero-order valence-electron chi connectivity index (χ0n) is 16.5.